The molecule has 2 aliphatic carbocycles. The summed E-state index contributed by atoms with van der Waals surface area (Å²) in [6.45, 7) is 1.91. The minimum Gasteiger partial charge on any atom is -0.320 e. The Morgan fingerprint density at radius 2 is 2.00 bits per heavy atom. The number of carbonyl (C=O) groups excluding carboxylic acids is 1. The van der Waals surface area contributed by atoms with Crippen LogP contribution in [-0.2, 0) is 18.3 Å². The van der Waals surface area contributed by atoms with Crippen molar-refractivity contribution in [1.29, 1.82) is 0 Å². The van der Waals surface area contributed by atoms with Crippen LogP contribution in [-0.4, -0.2) is 10.9 Å². The van der Waals surface area contributed by atoms with Gasteiger partial charge in [0.2, 0.25) is 0 Å². The van der Waals surface area contributed by atoms with Crippen LogP contribution in [0.2, 0.25) is 0 Å². The number of pyridine rings is 1. The molecule has 5 rings (SSSR count). The zero-order chi connectivity index (χ0) is 23.5. The molecule has 0 saturated heterocycles. The number of nitrogens with zero attached hydrogens (tertiary/aromatic N) is 1. The Bertz CT molecular complexity index is 1230. The lowest BCUT2D eigenvalue weighted by Gasteiger charge is -2.47. The van der Waals surface area contributed by atoms with E-state index in [9.17, 15) is 4.79 Å². The number of anilines is 1. The van der Waals surface area contributed by atoms with Gasteiger partial charge in [0.25, 0.3) is 5.91 Å². The van der Waals surface area contributed by atoms with Crippen molar-refractivity contribution in [2.45, 2.75) is 57.3 Å². The highest BCUT2D eigenvalue weighted by atomic mass is 16.1. The van der Waals surface area contributed by atoms with Crippen LogP contribution < -0.4 is 5.32 Å². The number of carbonyl (C=O) groups is 1. The molecule has 1 fully saturated rings. The molecule has 34 heavy (non-hydrogen) atoms. The molecule has 0 bridgehead atoms. The summed E-state index contributed by atoms with van der Waals surface area (Å²) in [5.41, 5.74) is 6.52. The van der Waals surface area contributed by atoms with E-state index in [1.54, 1.807) is 6.20 Å². The Morgan fingerprint density at radius 1 is 1.15 bits per heavy atom. The first kappa shape index (κ1) is 22.4. The summed E-state index contributed by atoms with van der Waals surface area (Å²) >= 11 is 0. The van der Waals surface area contributed by atoms with Crippen LogP contribution in [0.4, 0.5) is 5.69 Å². The molecule has 3 nitrogen and oxygen atoms in total. The van der Waals surface area contributed by atoms with E-state index in [2.05, 4.69) is 58.7 Å². The SMILES string of the molecule is C#CC1CCC2(Cc3ccccc3)c3ccc(C(=O)Nc4cccnc4C)cc3CCCC2C1. The molecule has 0 spiro atoms. The van der Waals surface area contributed by atoms with Crippen LogP contribution in [0.25, 0.3) is 0 Å². The number of benzene rings is 2. The first-order chi connectivity index (χ1) is 16.6. The van der Waals surface area contributed by atoms with Gasteiger partial charge < -0.3 is 5.32 Å². The maximum atomic E-state index is 13.1. The number of rotatable bonds is 4. The number of amides is 1. The first-order valence-electron chi connectivity index (χ1n) is 12.5. The molecule has 2 aromatic carbocycles. The van der Waals surface area contributed by atoms with Crippen LogP contribution in [0.1, 0.15) is 64.8 Å². The summed E-state index contributed by atoms with van der Waals surface area (Å²) in [6, 6.07) is 21.0. The predicted molar refractivity (Wildman–Crippen MR) is 138 cm³/mol. The fourth-order valence-electron chi connectivity index (χ4n) is 6.29. The van der Waals surface area contributed by atoms with Crippen LogP contribution >= 0.6 is 0 Å². The van der Waals surface area contributed by atoms with Crippen molar-refractivity contribution >= 4 is 11.6 Å². The molecule has 3 unspecified atom stereocenters. The van der Waals surface area contributed by atoms with Crippen molar-refractivity contribution < 1.29 is 4.79 Å². The second kappa shape index (κ2) is 9.47. The standard InChI is InChI=1S/C31H32N2O/c1-3-23-16-17-31(21-24-9-5-4-6-10-24)27(19-23)12-7-11-25-20-26(14-15-28(25)31)30(34)33-29-13-8-18-32-22(29)2/h1,4-6,8-10,13-15,18,20,23,27H,7,11-12,16-17,19,21H2,2H3,(H,33,34). The topological polar surface area (TPSA) is 42.0 Å². The van der Waals surface area contributed by atoms with Crippen LogP contribution in [0.5, 0.6) is 0 Å². The van der Waals surface area contributed by atoms with Gasteiger partial charge in [-0.3, -0.25) is 9.78 Å². The fourth-order valence-corrected chi connectivity index (χ4v) is 6.29. The van der Waals surface area contributed by atoms with E-state index in [0.29, 0.717) is 17.4 Å². The highest BCUT2D eigenvalue weighted by Gasteiger charge is 2.46. The molecule has 0 radical (unpaired) electrons. The highest BCUT2D eigenvalue weighted by molar-refractivity contribution is 6.04. The number of terminal acetylenes is 1. The summed E-state index contributed by atoms with van der Waals surface area (Å²) in [7, 11) is 0. The largest absolute Gasteiger partial charge is 0.320 e. The van der Waals surface area contributed by atoms with Gasteiger partial charge in [-0.1, -0.05) is 36.4 Å². The van der Waals surface area contributed by atoms with E-state index in [1.165, 1.54) is 23.1 Å². The molecule has 1 heterocycles. The van der Waals surface area contributed by atoms with Gasteiger partial charge in [0.1, 0.15) is 0 Å². The summed E-state index contributed by atoms with van der Waals surface area (Å²) < 4.78 is 0. The second-order valence-corrected chi connectivity index (χ2v) is 10.0. The third-order valence-corrected chi connectivity index (χ3v) is 8.05. The molecule has 1 amide bonds. The van der Waals surface area contributed by atoms with Crippen molar-refractivity contribution in [2.75, 3.05) is 5.32 Å². The van der Waals surface area contributed by atoms with Gasteiger partial charge in [-0.25, -0.2) is 0 Å². The van der Waals surface area contributed by atoms with E-state index in [-0.39, 0.29) is 11.3 Å². The predicted octanol–water partition coefficient (Wildman–Crippen LogP) is 6.51. The zero-order valence-electron chi connectivity index (χ0n) is 19.9. The van der Waals surface area contributed by atoms with Gasteiger partial charge in [-0.2, -0.15) is 0 Å². The zero-order valence-corrected chi connectivity index (χ0v) is 19.9. The third-order valence-electron chi connectivity index (χ3n) is 8.05. The maximum absolute atomic E-state index is 13.1. The lowest BCUT2D eigenvalue weighted by Crippen LogP contribution is -2.42. The van der Waals surface area contributed by atoms with Crippen molar-refractivity contribution in [3.63, 3.8) is 0 Å². The van der Waals surface area contributed by atoms with Crippen molar-refractivity contribution in [3.05, 3.63) is 94.8 Å². The lowest BCUT2D eigenvalue weighted by molar-refractivity contribution is 0.102. The molecule has 3 heteroatoms. The monoisotopic (exact) mass is 448 g/mol. The number of fused-ring (bicyclic) bond motifs is 3. The number of hydrogen-bond acceptors (Lipinski definition) is 2. The van der Waals surface area contributed by atoms with Crippen LogP contribution in [0.3, 0.4) is 0 Å². The van der Waals surface area contributed by atoms with Gasteiger partial charge in [0.05, 0.1) is 11.4 Å². The second-order valence-electron chi connectivity index (χ2n) is 10.0. The average molecular weight is 449 g/mol. The normalized spacial score (nSPS) is 23.6. The first-order valence-corrected chi connectivity index (χ1v) is 12.5. The highest BCUT2D eigenvalue weighted by Crippen LogP contribution is 2.52. The molecule has 1 aromatic heterocycles. The van der Waals surface area contributed by atoms with Crippen molar-refractivity contribution in [3.8, 4) is 12.3 Å². The molecular formula is C31H32N2O. The van der Waals surface area contributed by atoms with Gasteiger partial charge in [-0.05, 0) is 98.7 Å². The van der Waals surface area contributed by atoms with Gasteiger partial charge in [-0.15, -0.1) is 12.3 Å². The number of nitrogens with one attached hydrogen (secondary N) is 1. The molecule has 2 aliphatic rings. The molecule has 0 aliphatic heterocycles. The number of aromatic nitrogens is 1. The van der Waals surface area contributed by atoms with Crippen molar-refractivity contribution in [1.82, 2.24) is 4.98 Å². The molecule has 3 atom stereocenters. The quantitative estimate of drug-likeness (QED) is 0.462. The third kappa shape index (κ3) is 4.26. The molecule has 1 N–H and O–H groups in total. The van der Waals surface area contributed by atoms with E-state index in [1.807, 2.05) is 25.1 Å². The van der Waals surface area contributed by atoms with E-state index in [0.717, 1.165) is 49.9 Å². The fraction of sp³-hybridized carbons (Fsp3) is 0.355. The Morgan fingerprint density at radius 3 is 2.79 bits per heavy atom. The Kier molecular flexibility index (Phi) is 6.24. The summed E-state index contributed by atoms with van der Waals surface area (Å²) in [5.74, 6) is 3.93. The smallest absolute Gasteiger partial charge is 0.255 e. The Balaban J connectivity index is 1.52. The minimum atomic E-state index is -0.0761. The number of aryl methyl sites for hydroxylation is 2. The van der Waals surface area contributed by atoms with Gasteiger partial charge in [0.15, 0.2) is 0 Å². The minimum absolute atomic E-state index is 0.0761. The molecule has 3 aromatic rings. The van der Waals surface area contributed by atoms with Crippen LogP contribution in [0, 0.1) is 31.1 Å². The lowest BCUT2D eigenvalue weighted by atomic mass is 9.57. The summed E-state index contributed by atoms with van der Waals surface area (Å²) in [4.78, 5) is 17.4. The summed E-state index contributed by atoms with van der Waals surface area (Å²) in [5, 5.41) is 3.04. The molecule has 1 saturated carbocycles. The Labute approximate surface area is 203 Å². The maximum Gasteiger partial charge on any atom is 0.255 e. The molecular weight excluding hydrogens is 416 g/mol. The average Bonchev–Trinajstić information content (AvgIpc) is 3.02. The molecule has 172 valence electrons. The van der Waals surface area contributed by atoms with Crippen molar-refractivity contribution in [2.24, 2.45) is 11.8 Å². The Hall–Kier alpha value is -3.38. The number of hydrogen-bond donors (Lipinski definition) is 1. The summed E-state index contributed by atoms with van der Waals surface area (Å²) in [6.07, 6.45) is 15.3. The van der Waals surface area contributed by atoms with Gasteiger partial charge in [0, 0.05) is 23.1 Å². The van der Waals surface area contributed by atoms with Crippen LogP contribution in [0.15, 0.2) is 66.9 Å². The van der Waals surface area contributed by atoms with Gasteiger partial charge >= 0.3 is 0 Å². The van der Waals surface area contributed by atoms with E-state index < -0.39 is 0 Å². The van der Waals surface area contributed by atoms with E-state index >= 15 is 0 Å². The van der Waals surface area contributed by atoms with E-state index in [4.69, 9.17) is 6.42 Å².